The van der Waals surface area contributed by atoms with Gasteiger partial charge < -0.3 is 9.64 Å². The van der Waals surface area contributed by atoms with E-state index in [0.29, 0.717) is 42.4 Å². The van der Waals surface area contributed by atoms with Gasteiger partial charge in [-0.25, -0.2) is 4.79 Å². The second kappa shape index (κ2) is 10.4. The van der Waals surface area contributed by atoms with E-state index in [-0.39, 0.29) is 11.3 Å². The van der Waals surface area contributed by atoms with Crippen LogP contribution in [0.25, 0.3) is 0 Å². The monoisotopic (exact) mass is 496 g/mol. The number of rotatable bonds is 6. The first-order valence-electron chi connectivity index (χ1n) is 12.5. The van der Waals surface area contributed by atoms with Crippen LogP contribution in [0.5, 0.6) is 0 Å². The van der Waals surface area contributed by atoms with Crippen molar-refractivity contribution in [3.05, 3.63) is 83.1 Å². The molecule has 0 fully saturated rings. The van der Waals surface area contributed by atoms with E-state index in [9.17, 15) is 9.59 Å². The molecule has 2 aromatic rings. The van der Waals surface area contributed by atoms with Crippen LogP contribution < -0.4 is 9.91 Å². The number of carbonyl (C=O) groups is 2. The van der Waals surface area contributed by atoms with Crippen molar-refractivity contribution in [2.75, 3.05) is 29.6 Å². The zero-order valence-corrected chi connectivity index (χ0v) is 22.0. The molecule has 7 heteroatoms. The number of ether oxygens (including phenoxy) is 1. The summed E-state index contributed by atoms with van der Waals surface area (Å²) in [5.41, 5.74) is 4.15. The topological polar surface area (TPSA) is 65.5 Å². The lowest BCUT2D eigenvalue weighted by molar-refractivity contribution is -0.114. The predicted molar refractivity (Wildman–Crippen MR) is 147 cm³/mol. The quantitative estimate of drug-likeness (QED) is 0.318. The van der Waals surface area contributed by atoms with Crippen molar-refractivity contribution in [3.8, 4) is 12.5 Å². The van der Waals surface area contributed by atoms with E-state index in [1.807, 2.05) is 54.0 Å². The Kier molecular flexibility index (Phi) is 7.21. The third kappa shape index (κ3) is 4.51. The molecule has 0 N–H and O–H groups in total. The van der Waals surface area contributed by atoms with Gasteiger partial charge in [-0.15, -0.1) is 5.10 Å². The van der Waals surface area contributed by atoms with Crippen molar-refractivity contribution >= 4 is 29.1 Å². The fraction of sp³-hybridized carbons (Fsp3) is 0.300. The van der Waals surface area contributed by atoms with Crippen molar-refractivity contribution in [2.24, 2.45) is 5.10 Å². The van der Waals surface area contributed by atoms with Gasteiger partial charge in [0.15, 0.2) is 5.84 Å². The molecule has 1 amide bonds. The number of fused-ring (bicyclic) bond motifs is 1. The number of amides is 1. The van der Waals surface area contributed by atoms with Crippen LogP contribution in [0.4, 0.5) is 11.4 Å². The Morgan fingerprint density at radius 2 is 1.76 bits per heavy atom. The first-order valence-corrected chi connectivity index (χ1v) is 12.5. The van der Waals surface area contributed by atoms with E-state index >= 15 is 0 Å². The number of benzene rings is 2. The Labute approximate surface area is 218 Å². The summed E-state index contributed by atoms with van der Waals surface area (Å²) in [6.45, 7) is 11.8. The zero-order chi connectivity index (χ0) is 26.7. The summed E-state index contributed by atoms with van der Waals surface area (Å²) in [6, 6.07) is 17.5. The molecular weight excluding hydrogens is 464 g/mol. The van der Waals surface area contributed by atoms with Crippen LogP contribution >= 0.6 is 0 Å². The normalized spacial score (nSPS) is 18.2. The molecule has 0 aliphatic carbocycles. The lowest BCUT2D eigenvalue weighted by atomic mass is 9.83. The largest absolute Gasteiger partial charge is 0.462 e. The molecule has 2 aliphatic heterocycles. The fourth-order valence-electron chi connectivity index (χ4n) is 4.76. The minimum atomic E-state index is -0.403. The number of anilines is 2. The van der Waals surface area contributed by atoms with Gasteiger partial charge in [0, 0.05) is 30.2 Å². The Morgan fingerprint density at radius 1 is 1.08 bits per heavy atom. The second-order valence-electron chi connectivity index (χ2n) is 9.22. The Hall–Kier alpha value is -4.31. The number of hydrazone groups is 1. The molecule has 190 valence electrons. The molecule has 2 aromatic carbocycles. The second-order valence-corrected chi connectivity index (χ2v) is 9.22. The number of likely N-dealkylation sites (N-methyl/N-ethyl adjacent to an activating group) is 1. The van der Waals surface area contributed by atoms with Crippen molar-refractivity contribution in [1.82, 2.24) is 4.90 Å². The smallest absolute Gasteiger partial charge is 0.338 e. The minimum absolute atomic E-state index is 0.247. The molecule has 37 heavy (non-hydrogen) atoms. The van der Waals surface area contributed by atoms with Crippen LogP contribution in [-0.2, 0) is 14.9 Å². The van der Waals surface area contributed by atoms with Crippen LogP contribution in [-0.4, -0.2) is 42.3 Å². The van der Waals surface area contributed by atoms with Crippen LogP contribution in [0, 0.1) is 12.5 Å². The highest BCUT2D eigenvalue weighted by Crippen LogP contribution is 2.47. The number of amidine groups is 1. The lowest BCUT2D eigenvalue weighted by Gasteiger charge is -2.23. The third-order valence-corrected chi connectivity index (χ3v) is 6.78. The van der Waals surface area contributed by atoms with E-state index in [0.717, 1.165) is 16.9 Å². The molecule has 0 spiro atoms. The number of hydrogen-bond donors (Lipinski definition) is 0. The van der Waals surface area contributed by atoms with Crippen molar-refractivity contribution in [1.29, 1.82) is 0 Å². The maximum Gasteiger partial charge on any atom is 0.338 e. The van der Waals surface area contributed by atoms with E-state index in [4.69, 9.17) is 16.3 Å². The Balaban J connectivity index is 1.74. The lowest BCUT2D eigenvalue weighted by Crippen LogP contribution is -2.31. The number of carbonyl (C=O) groups excluding carboxylic acids is 2. The first kappa shape index (κ1) is 25.8. The highest BCUT2D eigenvalue weighted by atomic mass is 16.5. The van der Waals surface area contributed by atoms with E-state index in [1.54, 1.807) is 31.2 Å². The summed E-state index contributed by atoms with van der Waals surface area (Å²) in [7, 11) is 0. The molecule has 7 nitrogen and oxygen atoms in total. The first-order chi connectivity index (χ1) is 17.8. The summed E-state index contributed by atoms with van der Waals surface area (Å²) >= 11 is 0. The number of nitrogens with zero attached hydrogens (tertiary/aromatic N) is 4. The number of terminal acetylenes is 1. The molecular formula is C30H32N4O3. The average Bonchev–Trinajstić information content (AvgIpc) is 3.34. The van der Waals surface area contributed by atoms with Gasteiger partial charge in [-0.05, 0) is 68.8 Å². The summed E-state index contributed by atoms with van der Waals surface area (Å²) < 4.78 is 5.06. The molecule has 2 heterocycles. The molecule has 4 rings (SSSR count). The van der Waals surface area contributed by atoms with Crippen LogP contribution in [0.2, 0.25) is 0 Å². The molecule has 2 aliphatic rings. The summed E-state index contributed by atoms with van der Waals surface area (Å²) in [6.07, 6.45) is 9.66. The van der Waals surface area contributed by atoms with Gasteiger partial charge in [-0.1, -0.05) is 38.5 Å². The zero-order valence-electron chi connectivity index (χ0n) is 22.0. The van der Waals surface area contributed by atoms with Gasteiger partial charge in [0.1, 0.15) is 0 Å². The number of esters is 1. The molecule has 0 aromatic heterocycles. The highest BCUT2D eigenvalue weighted by Gasteiger charge is 2.40. The third-order valence-electron chi connectivity index (χ3n) is 6.78. The molecule has 0 unspecified atom stereocenters. The van der Waals surface area contributed by atoms with Gasteiger partial charge in [0.2, 0.25) is 0 Å². The van der Waals surface area contributed by atoms with E-state index < -0.39 is 5.97 Å². The van der Waals surface area contributed by atoms with Gasteiger partial charge in [0.05, 0.1) is 29.1 Å². The van der Waals surface area contributed by atoms with Gasteiger partial charge in [0.25, 0.3) is 5.91 Å². The van der Waals surface area contributed by atoms with Crippen molar-refractivity contribution in [2.45, 2.75) is 40.0 Å². The van der Waals surface area contributed by atoms with Gasteiger partial charge in [-0.3, -0.25) is 9.69 Å². The standard InChI is InChI=1S/C30H32N4O3/c1-7-32(8-2)27-23(19-20-26-30(5,6)24-13-11-12-14-25(24)33(26)9-3)28(35)34(31-27)22-17-15-21(16-18-22)29(36)37-10-4/h3,11-20H,7-8,10H2,1-2,4-6H3/b23-19-,26-20+. The van der Waals surface area contributed by atoms with Crippen LogP contribution in [0.1, 0.15) is 50.5 Å². The molecule has 0 saturated carbocycles. The average molecular weight is 497 g/mol. The Bertz CT molecular complexity index is 1340. The SMILES string of the molecule is C#CN1/C(=C/C=C2\C(=O)N(c3ccc(C(=O)OCC)cc3)N=C2N(CC)CC)C(C)(C)c2ccccc21. The van der Waals surface area contributed by atoms with Gasteiger partial charge in [-0.2, -0.15) is 5.01 Å². The summed E-state index contributed by atoms with van der Waals surface area (Å²) in [5.74, 6) is -0.0512. The fourth-order valence-corrected chi connectivity index (χ4v) is 4.76. The van der Waals surface area contributed by atoms with E-state index in [1.165, 1.54) is 5.01 Å². The van der Waals surface area contributed by atoms with Crippen LogP contribution in [0.3, 0.4) is 0 Å². The summed E-state index contributed by atoms with van der Waals surface area (Å²) in [4.78, 5) is 29.6. The highest BCUT2D eigenvalue weighted by molar-refractivity contribution is 6.29. The maximum atomic E-state index is 13.7. The maximum absolute atomic E-state index is 13.7. The summed E-state index contributed by atoms with van der Waals surface area (Å²) in [5, 5.41) is 6.07. The van der Waals surface area contributed by atoms with Crippen molar-refractivity contribution in [3.63, 3.8) is 0 Å². The van der Waals surface area contributed by atoms with Crippen LogP contribution in [0.15, 0.2) is 77.1 Å². The Morgan fingerprint density at radius 3 is 2.38 bits per heavy atom. The van der Waals surface area contributed by atoms with Gasteiger partial charge >= 0.3 is 5.97 Å². The molecule has 0 radical (unpaired) electrons. The number of hydrogen-bond acceptors (Lipinski definition) is 6. The minimum Gasteiger partial charge on any atom is -0.462 e. The predicted octanol–water partition coefficient (Wildman–Crippen LogP) is 5.06. The molecule has 0 saturated heterocycles. The number of para-hydroxylation sites is 1. The molecule has 0 bridgehead atoms. The van der Waals surface area contributed by atoms with E-state index in [2.05, 4.69) is 26.0 Å². The number of allylic oxidation sites excluding steroid dienone is 3. The molecule has 0 atom stereocenters. The van der Waals surface area contributed by atoms with Crippen molar-refractivity contribution < 1.29 is 14.3 Å².